The Morgan fingerprint density at radius 3 is 2.38 bits per heavy atom. The highest BCUT2D eigenvalue weighted by molar-refractivity contribution is 4.89. The maximum atomic E-state index is 9.28. The Bertz CT molecular complexity index is 193. The first-order chi connectivity index (χ1) is 7.49. The minimum atomic E-state index is 0.268. The summed E-state index contributed by atoms with van der Waals surface area (Å²) in [6, 6.07) is 0.888. The molecule has 1 fully saturated rings. The molecule has 0 aromatic heterocycles. The van der Waals surface area contributed by atoms with Crippen molar-refractivity contribution in [3.05, 3.63) is 0 Å². The average Bonchev–Trinajstić information content (AvgIpc) is 2.25. The predicted octanol–water partition coefficient (Wildman–Crippen LogP) is 2.95. The number of hydrogen-bond acceptors (Lipinski definition) is 2. The molecule has 0 saturated heterocycles. The van der Waals surface area contributed by atoms with Gasteiger partial charge in [0.1, 0.15) is 0 Å². The van der Waals surface area contributed by atoms with Crippen LogP contribution in [0.1, 0.15) is 59.8 Å². The van der Waals surface area contributed by atoms with Gasteiger partial charge in [-0.05, 0) is 30.6 Å². The lowest BCUT2D eigenvalue weighted by Crippen LogP contribution is -2.49. The van der Waals surface area contributed by atoms with Crippen LogP contribution in [0, 0.1) is 11.3 Å². The fraction of sp³-hybridized carbons (Fsp3) is 1.00. The van der Waals surface area contributed by atoms with Crippen LogP contribution >= 0.6 is 0 Å². The van der Waals surface area contributed by atoms with Crippen LogP contribution in [0.4, 0.5) is 0 Å². The molecule has 1 rings (SSSR count). The zero-order valence-corrected chi connectivity index (χ0v) is 11.4. The van der Waals surface area contributed by atoms with Gasteiger partial charge < -0.3 is 10.4 Å². The lowest BCUT2D eigenvalue weighted by molar-refractivity contribution is 0.111. The number of aliphatic hydroxyl groups excluding tert-OH is 1. The second-order valence-corrected chi connectivity index (χ2v) is 6.32. The van der Waals surface area contributed by atoms with Gasteiger partial charge in [0, 0.05) is 12.1 Å². The topological polar surface area (TPSA) is 32.3 Å². The van der Waals surface area contributed by atoms with Crippen molar-refractivity contribution in [3.63, 3.8) is 0 Å². The summed E-state index contributed by atoms with van der Waals surface area (Å²) in [5, 5.41) is 12.9. The van der Waals surface area contributed by atoms with E-state index in [-0.39, 0.29) is 12.6 Å². The van der Waals surface area contributed by atoms with Crippen molar-refractivity contribution in [2.75, 3.05) is 6.61 Å². The standard InChI is InChI=1S/C14H29NO/c1-5-11(10-16)15-13-9-7-6-8-12(13)14(2,3)4/h11-13,15-16H,5-10H2,1-4H3/t11-,12?,13?/m1/s1. The van der Waals surface area contributed by atoms with Crippen molar-refractivity contribution < 1.29 is 5.11 Å². The summed E-state index contributed by atoms with van der Waals surface area (Å²) in [5.74, 6) is 0.752. The summed E-state index contributed by atoms with van der Waals surface area (Å²) < 4.78 is 0. The molecule has 96 valence electrons. The molecule has 0 bridgehead atoms. The lowest BCUT2D eigenvalue weighted by Gasteiger charge is -2.42. The molecule has 0 spiro atoms. The van der Waals surface area contributed by atoms with Crippen molar-refractivity contribution in [2.24, 2.45) is 11.3 Å². The average molecular weight is 227 g/mol. The van der Waals surface area contributed by atoms with Crippen molar-refractivity contribution in [2.45, 2.75) is 71.9 Å². The third kappa shape index (κ3) is 3.74. The highest BCUT2D eigenvalue weighted by atomic mass is 16.3. The largest absolute Gasteiger partial charge is 0.395 e. The van der Waals surface area contributed by atoms with Crippen LogP contribution in [-0.4, -0.2) is 23.8 Å². The predicted molar refractivity (Wildman–Crippen MR) is 69.5 cm³/mol. The SMILES string of the molecule is CC[C@H](CO)NC1CCCCC1C(C)(C)C. The van der Waals surface area contributed by atoms with Crippen molar-refractivity contribution in [3.8, 4) is 0 Å². The molecule has 0 aliphatic heterocycles. The van der Waals surface area contributed by atoms with Gasteiger partial charge in [-0.25, -0.2) is 0 Å². The van der Waals surface area contributed by atoms with E-state index >= 15 is 0 Å². The van der Waals surface area contributed by atoms with E-state index in [1.54, 1.807) is 0 Å². The van der Waals surface area contributed by atoms with Crippen LogP contribution in [0.2, 0.25) is 0 Å². The van der Waals surface area contributed by atoms with E-state index in [9.17, 15) is 5.11 Å². The zero-order valence-electron chi connectivity index (χ0n) is 11.4. The van der Waals surface area contributed by atoms with E-state index < -0.39 is 0 Å². The zero-order chi connectivity index (χ0) is 12.2. The third-order valence-electron chi connectivity index (χ3n) is 4.04. The first-order valence-electron chi connectivity index (χ1n) is 6.86. The second-order valence-electron chi connectivity index (χ2n) is 6.32. The minimum absolute atomic E-state index is 0.268. The summed E-state index contributed by atoms with van der Waals surface area (Å²) in [5.41, 5.74) is 0.381. The van der Waals surface area contributed by atoms with Crippen LogP contribution in [0.5, 0.6) is 0 Å². The molecule has 1 aliphatic rings. The first-order valence-corrected chi connectivity index (χ1v) is 6.86. The molecule has 0 radical (unpaired) electrons. The van der Waals surface area contributed by atoms with E-state index in [4.69, 9.17) is 0 Å². The lowest BCUT2D eigenvalue weighted by atomic mass is 9.69. The van der Waals surface area contributed by atoms with E-state index in [1.807, 2.05) is 0 Å². The normalized spacial score (nSPS) is 29.1. The highest BCUT2D eigenvalue weighted by Crippen LogP contribution is 2.38. The maximum Gasteiger partial charge on any atom is 0.0584 e. The quantitative estimate of drug-likeness (QED) is 0.774. The van der Waals surface area contributed by atoms with E-state index in [0.29, 0.717) is 11.5 Å². The molecule has 2 unspecified atom stereocenters. The molecule has 0 aromatic carbocycles. The Hall–Kier alpha value is -0.0800. The van der Waals surface area contributed by atoms with E-state index in [2.05, 4.69) is 33.0 Å². The van der Waals surface area contributed by atoms with Crippen molar-refractivity contribution >= 4 is 0 Å². The minimum Gasteiger partial charge on any atom is -0.395 e. The van der Waals surface area contributed by atoms with Gasteiger partial charge in [0.25, 0.3) is 0 Å². The molecule has 0 aromatic rings. The summed E-state index contributed by atoms with van der Waals surface area (Å²) in [4.78, 5) is 0. The van der Waals surface area contributed by atoms with E-state index in [1.165, 1.54) is 25.7 Å². The van der Waals surface area contributed by atoms with Crippen LogP contribution in [0.3, 0.4) is 0 Å². The smallest absolute Gasteiger partial charge is 0.0584 e. The van der Waals surface area contributed by atoms with Crippen molar-refractivity contribution in [1.82, 2.24) is 5.32 Å². The molecule has 0 amide bonds. The third-order valence-corrected chi connectivity index (χ3v) is 4.04. The Kier molecular flexibility index (Phi) is 5.26. The number of nitrogens with one attached hydrogen (secondary N) is 1. The number of aliphatic hydroxyl groups is 1. The van der Waals surface area contributed by atoms with Crippen LogP contribution < -0.4 is 5.32 Å². The van der Waals surface area contributed by atoms with Gasteiger partial charge in [-0.3, -0.25) is 0 Å². The number of hydrogen-bond donors (Lipinski definition) is 2. The van der Waals surface area contributed by atoms with Gasteiger partial charge in [-0.2, -0.15) is 0 Å². The number of rotatable bonds is 4. The Morgan fingerprint density at radius 2 is 1.88 bits per heavy atom. The Morgan fingerprint density at radius 1 is 1.25 bits per heavy atom. The summed E-state index contributed by atoms with van der Waals surface area (Å²) in [6.07, 6.45) is 6.34. The van der Waals surface area contributed by atoms with Gasteiger partial charge in [-0.15, -0.1) is 0 Å². The molecule has 2 heteroatoms. The summed E-state index contributed by atoms with van der Waals surface area (Å²) in [7, 11) is 0. The molecule has 1 aliphatic carbocycles. The van der Waals surface area contributed by atoms with Gasteiger partial charge in [0.2, 0.25) is 0 Å². The molecular formula is C14H29NO. The summed E-state index contributed by atoms with van der Waals surface area (Å²) >= 11 is 0. The molecular weight excluding hydrogens is 198 g/mol. The highest BCUT2D eigenvalue weighted by Gasteiger charge is 2.34. The summed E-state index contributed by atoms with van der Waals surface area (Å²) in [6.45, 7) is 9.44. The van der Waals surface area contributed by atoms with E-state index in [0.717, 1.165) is 12.3 Å². The van der Waals surface area contributed by atoms with Gasteiger partial charge in [0.05, 0.1) is 6.61 Å². The molecule has 2 nitrogen and oxygen atoms in total. The fourth-order valence-corrected chi connectivity index (χ4v) is 2.97. The molecule has 0 heterocycles. The second kappa shape index (κ2) is 6.02. The van der Waals surface area contributed by atoms with Crippen LogP contribution in [0.25, 0.3) is 0 Å². The van der Waals surface area contributed by atoms with Crippen LogP contribution in [-0.2, 0) is 0 Å². The molecule has 3 atom stereocenters. The van der Waals surface area contributed by atoms with Gasteiger partial charge >= 0.3 is 0 Å². The molecule has 2 N–H and O–H groups in total. The van der Waals surface area contributed by atoms with Gasteiger partial charge in [-0.1, -0.05) is 40.5 Å². The van der Waals surface area contributed by atoms with Crippen LogP contribution in [0.15, 0.2) is 0 Å². The van der Waals surface area contributed by atoms with Gasteiger partial charge in [0.15, 0.2) is 0 Å². The fourth-order valence-electron chi connectivity index (χ4n) is 2.97. The maximum absolute atomic E-state index is 9.28. The van der Waals surface area contributed by atoms with Crippen molar-refractivity contribution in [1.29, 1.82) is 0 Å². The molecule has 1 saturated carbocycles. The monoisotopic (exact) mass is 227 g/mol. The first kappa shape index (κ1) is 14.0. The Labute approximate surface area is 101 Å². The Balaban J connectivity index is 2.60. The molecule has 16 heavy (non-hydrogen) atoms.